The molecule has 1 heteroatoms. The van der Waals surface area contributed by atoms with Gasteiger partial charge in [-0.3, -0.25) is 0 Å². The molecule has 0 spiro atoms. The summed E-state index contributed by atoms with van der Waals surface area (Å²) >= 11 is 0. The van der Waals surface area contributed by atoms with Crippen molar-refractivity contribution in [2.24, 2.45) is 11.7 Å². The molecule has 1 nitrogen and oxygen atoms in total. The van der Waals surface area contributed by atoms with Crippen LogP contribution >= 0.6 is 0 Å². The van der Waals surface area contributed by atoms with Gasteiger partial charge in [-0.05, 0) is 18.9 Å². The van der Waals surface area contributed by atoms with E-state index in [1.54, 1.807) is 0 Å². The SMILES string of the molecule is CCCCCCC(C)CCCCCCCN. The van der Waals surface area contributed by atoms with Crippen molar-refractivity contribution in [2.45, 2.75) is 84.5 Å². The zero-order valence-corrected chi connectivity index (χ0v) is 11.6. The summed E-state index contributed by atoms with van der Waals surface area (Å²) in [6.45, 7) is 5.57. The fourth-order valence-electron chi connectivity index (χ4n) is 2.23. The van der Waals surface area contributed by atoms with E-state index < -0.39 is 0 Å². The van der Waals surface area contributed by atoms with Crippen LogP contribution in [0.4, 0.5) is 0 Å². The van der Waals surface area contributed by atoms with E-state index in [0.29, 0.717) is 0 Å². The zero-order valence-electron chi connectivity index (χ0n) is 11.6. The topological polar surface area (TPSA) is 26.0 Å². The third kappa shape index (κ3) is 12.0. The van der Waals surface area contributed by atoms with Gasteiger partial charge in [0, 0.05) is 0 Å². The standard InChI is InChI=1S/C15H33N/c1-3-4-5-9-12-15(2)13-10-7-6-8-11-14-16/h15H,3-14,16H2,1-2H3. The maximum atomic E-state index is 5.47. The first-order valence-corrected chi connectivity index (χ1v) is 7.51. The van der Waals surface area contributed by atoms with Crippen molar-refractivity contribution in [3.05, 3.63) is 0 Å². The molecule has 1 unspecified atom stereocenters. The van der Waals surface area contributed by atoms with Crippen LogP contribution < -0.4 is 5.73 Å². The van der Waals surface area contributed by atoms with Gasteiger partial charge < -0.3 is 5.73 Å². The molecular formula is C15H33N. The maximum Gasteiger partial charge on any atom is -0.00773 e. The van der Waals surface area contributed by atoms with Crippen molar-refractivity contribution in [1.29, 1.82) is 0 Å². The summed E-state index contributed by atoms with van der Waals surface area (Å²) < 4.78 is 0. The molecule has 98 valence electrons. The number of hydrogen-bond donors (Lipinski definition) is 1. The summed E-state index contributed by atoms with van der Waals surface area (Å²) in [5.74, 6) is 0.950. The molecule has 0 aromatic carbocycles. The average Bonchev–Trinajstić information content (AvgIpc) is 2.29. The molecule has 0 aromatic rings. The number of rotatable bonds is 12. The van der Waals surface area contributed by atoms with Crippen LogP contribution in [-0.4, -0.2) is 6.54 Å². The lowest BCUT2D eigenvalue weighted by Crippen LogP contribution is -1.98. The highest BCUT2D eigenvalue weighted by Crippen LogP contribution is 2.17. The Kier molecular flexibility index (Phi) is 13.0. The second-order valence-electron chi connectivity index (χ2n) is 5.30. The van der Waals surface area contributed by atoms with E-state index in [9.17, 15) is 0 Å². The lowest BCUT2D eigenvalue weighted by atomic mass is 9.96. The van der Waals surface area contributed by atoms with Gasteiger partial charge in [0.1, 0.15) is 0 Å². The minimum atomic E-state index is 0.869. The van der Waals surface area contributed by atoms with Crippen molar-refractivity contribution in [2.75, 3.05) is 6.54 Å². The van der Waals surface area contributed by atoms with Crippen LogP contribution in [0.1, 0.15) is 84.5 Å². The van der Waals surface area contributed by atoms with Gasteiger partial charge in [0.15, 0.2) is 0 Å². The van der Waals surface area contributed by atoms with E-state index in [1.165, 1.54) is 70.6 Å². The predicted molar refractivity (Wildman–Crippen MR) is 74.7 cm³/mol. The molecule has 0 aliphatic heterocycles. The number of nitrogens with two attached hydrogens (primary N) is 1. The Morgan fingerprint density at radius 1 is 0.750 bits per heavy atom. The fraction of sp³-hybridized carbons (Fsp3) is 1.00. The molecule has 0 heterocycles. The fourth-order valence-corrected chi connectivity index (χ4v) is 2.23. The summed E-state index contributed by atoms with van der Waals surface area (Å²) in [6.07, 6.45) is 15.3. The number of unbranched alkanes of at least 4 members (excludes halogenated alkanes) is 7. The molecule has 0 aliphatic carbocycles. The van der Waals surface area contributed by atoms with Gasteiger partial charge in [-0.2, -0.15) is 0 Å². The minimum Gasteiger partial charge on any atom is -0.330 e. The van der Waals surface area contributed by atoms with Gasteiger partial charge in [-0.1, -0.05) is 78.1 Å². The van der Waals surface area contributed by atoms with Crippen LogP contribution in [-0.2, 0) is 0 Å². The molecule has 0 radical (unpaired) electrons. The third-order valence-corrected chi connectivity index (χ3v) is 3.45. The van der Waals surface area contributed by atoms with Gasteiger partial charge in [-0.25, -0.2) is 0 Å². The second-order valence-corrected chi connectivity index (χ2v) is 5.30. The van der Waals surface area contributed by atoms with Crippen LogP contribution in [0.25, 0.3) is 0 Å². The molecule has 0 saturated heterocycles. The van der Waals surface area contributed by atoms with Crippen LogP contribution in [0.5, 0.6) is 0 Å². The Morgan fingerprint density at radius 3 is 1.81 bits per heavy atom. The van der Waals surface area contributed by atoms with E-state index in [1.807, 2.05) is 0 Å². The summed E-state index contributed by atoms with van der Waals surface area (Å²) in [6, 6.07) is 0. The molecule has 0 aromatic heterocycles. The van der Waals surface area contributed by atoms with Gasteiger partial charge in [0.2, 0.25) is 0 Å². The first-order valence-electron chi connectivity index (χ1n) is 7.51. The molecule has 0 bridgehead atoms. The monoisotopic (exact) mass is 227 g/mol. The van der Waals surface area contributed by atoms with Crippen LogP contribution in [0, 0.1) is 5.92 Å². The summed E-state index contributed by atoms with van der Waals surface area (Å²) in [7, 11) is 0. The molecule has 0 rings (SSSR count). The largest absolute Gasteiger partial charge is 0.330 e. The van der Waals surface area contributed by atoms with Gasteiger partial charge in [0.25, 0.3) is 0 Å². The summed E-state index contributed by atoms with van der Waals surface area (Å²) in [4.78, 5) is 0. The van der Waals surface area contributed by atoms with Crippen molar-refractivity contribution in [3.63, 3.8) is 0 Å². The summed E-state index contributed by atoms with van der Waals surface area (Å²) in [5.41, 5.74) is 5.47. The van der Waals surface area contributed by atoms with Gasteiger partial charge >= 0.3 is 0 Å². The van der Waals surface area contributed by atoms with Gasteiger partial charge in [0.05, 0.1) is 0 Å². The van der Waals surface area contributed by atoms with Crippen LogP contribution in [0.2, 0.25) is 0 Å². The van der Waals surface area contributed by atoms with E-state index in [-0.39, 0.29) is 0 Å². The smallest absolute Gasteiger partial charge is 0.00773 e. The van der Waals surface area contributed by atoms with Crippen molar-refractivity contribution < 1.29 is 0 Å². The Labute approximate surface area is 103 Å². The average molecular weight is 227 g/mol. The Bertz CT molecular complexity index is 123. The van der Waals surface area contributed by atoms with Crippen molar-refractivity contribution >= 4 is 0 Å². The highest BCUT2D eigenvalue weighted by Gasteiger charge is 2.01. The van der Waals surface area contributed by atoms with Gasteiger partial charge in [-0.15, -0.1) is 0 Å². The number of hydrogen-bond acceptors (Lipinski definition) is 1. The van der Waals surface area contributed by atoms with E-state index >= 15 is 0 Å². The zero-order chi connectivity index (χ0) is 12.1. The molecule has 0 saturated carbocycles. The maximum absolute atomic E-state index is 5.47. The quantitative estimate of drug-likeness (QED) is 0.472. The normalized spacial score (nSPS) is 12.9. The Morgan fingerprint density at radius 2 is 1.25 bits per heavy atom. The highest BCUT2D eigenvalue weighted by molar-refractivity contribution is 4.55. The van der Waals surface area contributed by atoms with Crippen molar-refractivity contribution in [1.82, 2.24) is 0 Å². The van der Waals surface area contributed by atoms with E-state index in [2.05, 4.69) is 13.8 Å². The molecule has 0 amide bonds. The van der Waals surface area contributed by atoms with E-state index in [0.717, 1.165) is 12.5 Å². The Hall–Kier alpha value is -0.0400. The van der Waals surface area contributed by atoms with Crippen LogP contribution in [0.15, 0.2) is 0 Å². The second kappa shape index (κ2) is 13.0. The molecular weight excluding hydrogens is 194 g/mol. The highest BCUT2D eigenvalue weighted by atomic mass is 14.5. The molecule has 16 heavy (non-hydrogen) atoms. The minimum absolute atomic E-state index is 0.869. The molecule has 0 aliphatic rings. The summed E-state index contributed by atoms with van der Waals surface area (Å²) in [5, 5.41) is 0. The van der Waals surface area contributed by atoms with E-state index in [4.69, 9.17) is 5.73 Å². The molecule has 0 fully saturated rings. The molecule has 1 atom stereocenters. The first kappa shape index (κ1) is 16.0. The van der Waals surface area contributed by atoms with Crippen molar-refractivity contribution in [3.8, 4) is 0 Å². The van der Waals surface area contributed by atoms with Crippen LogP contribution in [0.3, 0.4) is 0 Å². The third-order valence-electron chi connectivity index (χ3n) is 3.45. The predicted octanol–water partition coefficient (Wildman–Crippen LogP) is 4.89. The lowest BCUT2D eigenvalue weighted by Gasteiger charge is -2.10. The lowest BCUT2D eigenvalue weighted by molar-refractivity contribution is 0.434. The Balaban J connectivity index is 3.08. The molecule has 2 N–H and O–H groups in total. The first-order chi connectivity index (χ1) is 7.81.